The van der Waals surface area contributed by atoms with E-state index in [1.165, 1.54) is 0 Å². The molecule has 0 aliphatic carbocycles. The fourth-order valence-electron chi connectivity index (χ4n) is 1.10. The molecule has 1 heterocycles. The SMILES string of the molecule is CC(CCO)CNC(=O)Nc1nnc(C(F)F)s1. The normalized spacial score (nSPS) is 12.5. The van der Waals surface area contributed by atoms with Gasteiger partial charge in [-0.3, -0.25) is 5.32 Å². The first kappa shape index (κ1) is 14.7. The third kappa shape index (κ3) is 4.88. The molecule has 0 bridgehead atoms. The van der Waals surface area contributed by atoms with Crippen LogP contribution in [0.2, 0.25) is 0 Å². The highest BCUT2D eigenvalue weighted by molar-refractivity contribution is 7.15. The van der Waals surface area contributed by atoms with Crippen LogP contribution < -0.4 is 10.6 Å². The number of nitrogens with zero attached hydrogens (tertiary/aromatic N) is 2. The quantitative estimate of drug-likeness (QED) is 0.739. The number of halogens is 2. The summed E-state index contributed by atoms with van der Waals surface area (Å²) in [5.41, 5.74) is 0. The molecule has 0 aliphatic heterocycles. The van der Waals surface area contributed by atoms with Crippen molar-refractivity contribution in [2.75, 3.05) is 18.5 Å². The Kier molecular flexibility index (Phi) is 5.86. The molecule has 18 heavy (non-hydrogen) atoms. The highest BCUT2D eigenvalue weighted by Gasteiger charge is 2.15. The second kappa shape index (κ2) is 7.17. The Balaban J connectivity index is 2.35. The van der Waals surface area contributed by atoms with E-state index >= 15 is 0 Å². The first-order valence-electron chi connectivity index (χ1n) is 5.30. The van der Waals surface area contributed by atoms with Crippen molar-refractivity contribution in [3.63, 3.8) is 0 Å². The van der Waals surface area contributed by atoms with E-state index in [1.807, 2.05) is 6.92 Å². The lowest BCUT2D eigenvalue weighted by atomic mass is 10.1. The fraction of sp³-hybridized carbons (Fsp3) is 0.667. The van der Waals surface area contributed by atoms with Crippen molar-refractivity contribution in [2.45, 2.75) is 19.8 Å². The molecule has 1 rings (SSSR count). The topological polar surface area (TPSA) is 87.1 Å². The van der Waals surface area contributed by atoms with Crippen LogP contribution in [-0.2, 0) is 0 Å². The van der Waals surface area contributed by atoms with E-state index < -0.39 is 17.5 Å². The van der Waals surface area contributed by atoms with E-state index in [1.54, 1.807) is 0 Å². The zero-order valence-electron chi connectivity index (χ0n) is 9.69. The van der Waals surface area contributed by atoms with Crippen LogP contribution in [0.25, 0.3) is 0 Å². The minimum atomic E-state index is -2.69. The Hall–Kier alpha value is -1.35. The van der Waals surface area contributed by atoms with Crippen molar-refractivity contribution in [2.24, 2.45) is 5.92 Å². The summed E-state index contributed by atoms with van der Waals surface area (Å²) in [5, 5.41) is 19.8. The van der Waals surface area contributed by atoms with Gasteiger partial charge in [-0.1, -0.05) is 18.3 Å². The van der Waals surface area contributed by atoms with E-state index in [0.29, 0.717) is 24.3 Å². The van der Waals surface area contributed by atoms with Gasteiger partial charge in [0.2, 0.25) is 5.13 Å². The van der Waals surface area contributed by atoms with Gasteiger partial charge in [-0.2, -0.15) is 0 Å². The van der Waals surface area contributed by atoms with Crippen LogP contribution >= 0.6 is 11.3 Å². The summed E-state index contributed by atoms with van der Waals surface area (Å²) in [5.74, 6) is 0.131. The lowest BCUT2D eigenvalue weighted by Crippen LogP contribution is -2.32. The molecule has 0 saturated heterocycles. The number of hydrogen-bond acceptors (Lipinski definition) is 5. The van der Waals surface area contributed by atoms with Crippen LogP contribution in [0.5, 0.6) is 0 Å². The van der Waals surface area contributed by atoms with Gasteiger partial charge in [-0.15, -0.1) is 10.2 Å². The molecule has 102 valence electrons. The van der Waals surface area contributed by atoms with Gasteiger partial charge < -0.3 is 10.4 Å². The number of anilines is 1. The highest BCUT2D eigenvalue weighted by Crippen LogP contribution is 2.24. The lowest BCUT2D eigenvalue weighted by Gasteiger charge is -2.10. The predicted molar refractivity (Wildman–Crippen MR) is 62.8 cm³/mol. The number of alkyl halides is 2. The predicted octanol–water partition coefficient (Wildman–Crippen LogP) is 1.62. The molecule has 1 aromatic heterocycles. The number of urea groups is 1. The van der Waals surface area contributed by atoms with Gasteiger partial charge in [0.05, 0.1) is 0 Å². The van der Waals surface area contributed by atoms with E-state index in [9.17, 15) is 13.6 Å². The van der Waals surface area contributed by atoms with Crippen molar-refractivity contribution in [1.82, 2.24) is 15.5 Å². The Morgan fingerprint density at radius 2 is 2.22 bits per heavy atom. The average molecular weight is 280 g/mol. The first-order valence-corrected chi connectivity index (χ1v) is 6.11. The Morgan fingerprint density at radius 3 is 2.78 bits per heavy atom. The summed E-state index contributed by atoms with van der Waals surface area (Å²) in [6, 6.07) is -0.531. The third-order valence-electron chi connectivity index (χ3n) is 2.08. The van der Waals surface area contributed by atoms with E-state index in [0.717, 1.165) is 0 Å². The van der Waals surface area contributed by atoms with Gasteiger partial charge >= 0.3 is 6.03 Å². The molecule has 0 radical (unpaired) electrons. The number of carbonyl (C=O) groups is 1. The number of aliphatic hydroxyl groups excluding tert-OH is 1. The van der Waals surface area contributed by atoms with Gasteiger partial charge in [0.25, 0.3) is 6.43 Å². The van der Waals surface area contributed by atoms with Crippen LogP contribution in [0.1, 0.15) is 24.8 Å². The smallest absolute Gasteiger partial charge is 0.321 e. The maximum Gasteiger partial charge on any atom is 0.321 e. The van der Waals surface area contributed by atoms with Crippen molar-refractivity contribution in [1.29, 1.82) is 0 Å². The Labute approximate surface area is 106 Å². The maximum atomic E-state index is 12.2. The molecule has 6 nitrogen and oxygen atoms in total. The summed E-state index contributed by atoms with van der Waals surface area (Å²) >= 11 is 0.630. The molecule has 0 aromatic carbocycles. The summed E-state index contributed by atoms with van der Waals surface area (Å²) < 4.78 is 24.4. The number of carbonyl (C=O) groups excluding carboxylic acids is 1. The van der Waals surface area contributed by atoms with Crippen molar-refractivity contribution < 1.29 is 18.7 Å². The summed E-state index contributed by atoms with van der Waals surface area (Å²) in [7, 11) is 0. The molecule has 9 heteroatoms. The molecule has 0 saturated carbocycles. The number of amides is 2. The third-order valence-corrected chi connectivity index (χ3v) is 2.93. The second-order valence-corrected chi connectivity index (χ2v) is 4.71. The van der Waals surface area contributed by atoms with Crippen LogP contribution in [0.4, 0.5) is 18.7 Å². The summed E-state index contributed by atoms with van der Waals surface area (Å²) in [6.07, 6.45) is -2.11. The highest BCUT2D eigenvalue weighted by atomic mass is 32.1. The van der Waals surface area contributed by atoms with E-state index in [2.05, 4.69) is 20.8 Å². The molecule has 1 atom stereocenters. The van der Waals surface area contributed by atoms with E-state index in [-0.39, 0.29) is 17.7 Å². The number of aliphatic hydroxyl groups is 1. The minimum absolute atomic E-state index is 0.0256. The fourth-order valence-corrected chi connectivity index (χ4v) is 1.70. The van der Waals surface area contributed by atoms with Gasteiger partial charge in [0.15, 0.2) is 5.01 Å². The van der Waals surface area contributed by atoms with Crippen LogP contribution in [0.15, 0.2) is 0 Å². The molecule has 3 N–H and O–H groups in total. The van der Waals surface area contributed by atoms with Gasteiger partial charge in [-0.05, 0) is 12.3 Å². The molecular weight excluding hydrogens is 266 g/mol. The molecular formula is C9H14F2N4O2S. The minimum Gasteiger partial charge on any atom is -0.396 e. The maximum absolute atomic E-state index is 12.2. The summed E-state index contributed by atoms with van der Waals surface area (Å²) in [6.45, 7) is 2.31. The number of rotatable bonds is 6. The van der Waals surface area contributed by atoms with Gasteiger partial charge in [0.1, 0.15) is 0 Å². The second-order valence-electron chi connectivity index (χ2n) is 3.70. The molecule has 2 amide bonds. The molecule has 0 fully saturated rings. The lowest BCUT2D eigenvalue weighted by molar-refractivity contribution is 0.150. The van der Waals surface area contributed by atoms with Crippen LogP contribution in [-0.4, -0.2) is 34.5 Å². The number of aromatic nitrogens is 2. The van der Waals surface area contributed by atoms with Crippen molar-refractivity contribution in [3.8, 4) is 0 Å². The molecule has 0 spiro atoms. The molecule has 0 aliphatic rings. The van der Waals surface area contributed by atoms with E-state index in [4.69, 9.17) is 5.11 Å². The number of hydrogen-bond donors (Lipinski definition) is 3. The van der Waals surface area contributed by atoms with Gasteiger partial charge in [0, 0.05) is 13.2 Å². The van der Waals surface area contributed by atoms with Gasteiger partial charge in [-0.25, -0.2) is 13.6 Å². The Morgan fingerprint density at radius 1 is 1.50 bits per heavy atom. The molecule has 1 unspecified atom stereocenters. The number of nitrogens with one attached hydrogen (secondary N) is 2. The Bertz CT molecular complexity index is 388. The van der Waals surface area contributed by atoms with Crippen LogP contribution in [0, 0.1) is 5.92 Å². The average Bonchev–Trinajstić information content (AvgIpc) is 2.75. The van der Waals surface area contributed by atoms with Crippen molar-refractivity contribution in [3.05, 3.63) is 5.01 Å². The zero-order chi connectivity index (χ0) is 13.5. The van der Waals surface area contributed by atoms with Crippen LogP contribution in [0.3, 0.4) is 0 Å². The van der Waals surface area contributed by atoms with Crippen molar-refractivity contribution >= 4 is 22.5 Å². The summed E-state index contributed by atoms with van der Waals surface area (Å²) in [4.78, 5) is 11.4. The molecule has 1 aromatic rings. The monoisotopic (exact) mass is 280 g/mol. The first-order chi connectivity index (χ1) is 8.52. The standard InChI is InChI=1S/C9H14F2N4O2S/c1-5(2-3-16)4-12-8(17)13-9-15-14-7(18-9)6(10)11/h5-6,16H,2-4H2,1H3,(H2,12,13,15,17). The zero-order valence-corrected chi connectivity index (χ0v) is 10.5. The largest absolute Gasteiger partial charge is 0.396 e.